The normalized spacial score (nSPS) is 25.2. The number of halogens is 1. The first-order valence-electron chi connectivity index (χ1n) is 7.95. The molecule has 0 aromatic heterocycles. The molecular formula is C17H27FN2O. The Hall–Kier alpha value is -1.13. The van der Waals surface area contributed by atoms with Crippen molar-refractivity contribution >= 4 is 5.69 Å². The predicted octanol–water partition coefficient (Wildman–Crippen LogP) is 2.79. The summed E-state index contributed by atoms with van der Waals surface area (Å²) >= 11 is 0. The van der Waals surface area contributed by atoms with Gasteiger partial charge in [0.25, 0.3) is 0 Å². The van der Waals surface area contributed by atoms with Gasteiger partial charge in [0, 0.05) is 24.3 Å². The number of hydrogen-bond donors (Lipinski definition) is 2. The molecule has 2 unspecified atom stereocenters. The number of rotatable bonds is 7. The fourth-order valence-corrected chi connectivity index (χ4v) is 3.61. The van der Waals surface area contributed by atoms with E-state index in [-0.39, 0.29) is 18.0 Å². The molecule has 0 aliphatic heterocycles. The fraction of sp³-hybridized carbons (Fsp3) is 0.647. The lowest BCUT2D eigenvalue weighted by Gasteiger charge is -2.35. The Balaban J connectivity index is 1.98. The zero-order chi connectivity index (χ0) is 15.3. The highest BCUT2D eigenvalue weighted by atomic mass is 19.1. The van der Waals surface area contributed by atoms with Crippen molar-refractivity contribution in [1.82, 2.24) is 5.32 Å². The first-order valence-corrected chi connectivity index (χ1v) is 7.95. The summed E-state index contributed by atoms with van der Waals surface area (Å²) in [5.74, 6) is 0.307. The highest BCUT2D eigenvalue weighted by Gasteiger charge is 2.40. The minimum Gasteiger partial charge on any atom is -0.394 e. The van der Waals surface area contributed by atoms with Crippen LogP contribution in [-0.2, 0) is 0 Å². The molecule has 1 aliphatic rings. The summed E-state index contributed by atoms with van der Waals surface area (Å²) < 4.78 is 13.0. The van der Waals surface area contributed by atoms with Gasteiger partial charge in [-0.3, -0.25) is 0 Å². The third kappa shape index (κ3) is 3.55. The largest absolute Gasteiger partial charge is 0.394 e. The van der Waals surface area contributed by atoms with E-state index in [1.807, 2.05) is 19.2 Å². The van der Waals surface area contributed by atoms with Crippen LogP contribution in [0.25, 0.3) is 0 Å². The molecule has 0 spiro atoms. The van der Waals surface area contributed by atoms with Gasteiger partial charge in [0.1, 0.15) is 5.82 Å². The van der Waals surface area contributed by atoms with Crippen molar-refractivity contribution in [1.29, 1.82) is 0 Å². The maximum absolute atomic E-state index is 13.0. The van der Waals surface area contributed by atoms with Crippen molar-refractivity contribution in [2.75, 3.05) is 31.6 Å². The van der Waals surface area contributed by atoms with Crippen LogP contribution in [0.1, 0.15) is 32.6 Å². The van der Waals surface area contributed by atoms with Crippen molar-refractivity contribution in [3.8, 4) is 0 Å². The van der Waals surface area contributed by atoms with Gasteiger partial charge < -0.3 is 15.3 Å². The number of nitrogens with zero attached hydrogens (tertiary/aromatic N) is 1. The Labute approximate surface area is 127 Å². The van der Waals surface area contributed by atoms with E-state index in [1.165, 1.54) is 25.0 Å². The summed E-state index contributed by atoms with van der Waals surface area (Å²) in [6.07, 6.45) is 4.44. The first kappa shape index (κ1) is 16.2. The van der Waals surface area contributed by atoms with Gasteiger partial charge in [-0.25, -0.2) is 4.39 Å². The average molecular weight is 294 g/mol. The highest BCUT2D eigenvalue weighted by Crippen LogP contribution is 2.37. The van der Waals surface area contributed by atoms with Crippen molar-refractivity contribution < 1.29 is 9.50 Å². The number of anilines is 1. The number of hydrogen-bond acceptors (Lipinski definition) is 3. The maximum atomic E-state index is 13.0. The van der Waals surface area contributed by atoms with E-state index >= 15 is 0 Å². The molecule has 0 saturated heterocycles. The second-order valence-corrected chi connectivity index (χ2v) is 6.00. The van der Waals surface area contributed by atoms with Gasteiger partial charge >= 0.3 is 0 Å². The van der Waals surface area contributed by atoms with E-state index in [0.29, 0.717) is 5.92 Å². The number of likely N-dealkylation sites (N-methyl/N-ethyl adjacent to an activating group) is 1. The molecule has 21 heavy (non-hydrogen) atoms. The van der Waals surface area contributed by atoms with E-state index in [0.717, 1.165) is 31.6 Å². The molecule has 1 aromatic rings. The van der Waals surface area contributed by atoms with Crippen LogP contribution in [0, 0.1) is 11.7 Å². The van der Waals surface area contributed by atoms with Crippen LogP contribution in [0.15, 0.2) is 24.3 Å². The van der Waals surface area contributed by atoms with Crippen molar-refractivity contribution in [2.24, 2.45) is 5.92 Å². The monoisotopic (exact) mass is 294 g/mol. The molecule has 1 aliphatic carbocycles. The number of benzene rings is 1. The molecule has 3 nitrogen and oxygen atoms in total. The van der Waals surface area contributed by atoms with E-state index in [1.54, 1.807) is 0 Å². The maximum Gasteiger partial charge on any atom is 0.123 e. The summed E-state index contributed by atoms with van der Waals surface area (Å²) in [6.45, 7) is 4.17. The van der Waals surface area contributed by atoms with Gasteiger partial charge in [-0.2, -0.15) is 0 Å². The summed E-state index contributed by atoms with van der Waals surface area (Å²) in [7, 11) is 1.95. The third-order valence-electron chi connectivity index (χ3n) is 5.06. The second kappa shape index (κ2) is 7.23. The topological polar surface area (TPSA) is 35.5 Å². The minimum atomic E-state index is -0.194. The zero-order valence-corrected chi connectivity index (χ0v) is 13.1. The van der Waals surface area contributed by atoms with Crippen molar-refractivity contribution in [2.45, 2.75) is 38.1 Å². The number of aliphatic hydroxyl groups excluding tert-OH is 1. The Kier molecular flexibility index (Phi) is 5.59. The van der Waals surface area contributed by atoms with Crippen molar-refractivity contribution in [3.05, 3.63) is 30.1 Å². The van der Waals surface area contributed by atoms with Crippen LogP contribution >= 0.6 is 0 Å². The van der Waals surface area contributed by atoms with Crippen molar-refractivity contribution in [3.63, 3.8) is 0 Å². The Bertz CT molecular complexity index is 431. The lowest BCUT2D eigenvalue weighted by atomic mass is 9.85. The number of nitrogens with one attached hydrogen (secondary N) is 1. The second-order valence-electron chi connectivity index (χ2n) is 6.00. The molecule has 2 rings (SSSR count). The molecule has 1 aromatic carbocycles. The van der Waals surface area contributed by atoms with E-state index < -0.39 is 0 Å². The molecule has 1 fully saturated rings. The van der Waals surface area contributed by atoms with Gasteiger partial charge in [0.05, 0.1) is 6.61 Å². The molecule has 0 heterocycles. The molecular weight excluding hydrogens is 267 g/mol. The Morgan fingerprint density at radius 2 is 2.10 bits per heavy atom. The molecule has 0 amide bonds. The third-order valence-corrected chi connectivity index (χ3v) is 5.06. The standard InChI is InChI=1S/C17H27FN2O/c1-3-20(16-8-6-15(18)7-9-16)12-10-14-5-4-11-17(14,13-21)19-2/h6-9,14,19,21H,3-5,10-13H2,1-2H3. The molecule has 0 bridgehead atoms. The van der Waals surface area contributed by atoms with E-state index in [9.17, 15) is 9.50 Å². The molecule has 1 saturated carbocycles. The lowest BCUT2D eigenvalue weighted by molar-refractivity contribution is 0.128. The van der Waals surface area contributed by atoms with E-state index in [4.69, 9.17) is 0 Å². The van der Waals surface area contributed by atoms with Gasteiger partial charge in [-0.15, -0.1) is 0 Å². The molecule has 4 heteroatoms. The summed E-state index contributed by atoms with van der Waals surface area (Å²) in [6, 6.07) is 6.70. The Morgan fingerprint density at radius 1 is 1.38 bits per heavy atom. The predicted molar refractivity (Wildman–Crippen MR) is 85.1 cm³/mol. The zero-order valence-electron chi connectivity index (χ0n) is 13.1. The summed E-state index contributed by atoms with van der Waals surface area (Å²) in [4.78, 5) is 2.27. The Morgan fingerprint density at radius 3 is 2.67 bits per heavy atom. The minimum absolute atomic E-state index is 0.109. The van der Waals surface area contributed by atoms with Crippen LogP contribution in [0.3, 0.4) is 0 Å². The van der Waals surface area contributed by atoms with Gasteiger partial charge in [0.15, 0.2) is 0 Å². The van der Waals surface area contributed by atoms with Crippen LogP contribution in [0.5, 0.6) is 0 Å². The van der Waals surface area contributed by atoms with Gasteiger partial charge in [0.2, 0.25) is 0 Å². The van der Waals surface area contributed by atoms with Crippen LogP contribution in [0.4, 0.5) is 10.1 Å². The van der Waals surface area contributed by atoms with Gasteiger partial charge in [-0.1, -0.05) is 6.42 Å². The fourth-order valence-electron chi connectivity index (χ4n) is 3.61. The van der Waals surface area contributed by atoms with Crippen LogP contribution in [0.2, 0.25) is 0 Å². The molecule has 118 valence electrons. The first-order chi connectivity index (χ1) is 10.1. The van der Waals surface area contributed by atoms with Gasteiger partial charge in [-0.05, 0) is 63.4 Å². The van der Waals surface area contributed by atoms with Crippen LogP contribution < -0.4 is 10.2 Å². The smallest absolute Gasteiger partial charge is 0.123 e. The SMILES string of the molecule is CCN(CCC1CCCC1(CO)NC)c1ccc(F)cc1. The quantitative estimate of drug-likeness (QED) is 0.812. The lowest BCUT2D eigenvalue weighted by Crippen LogP contribution is -2.50. The summed E-state index contributed by atoms with van der Waals surface area (Å²) in [5, 5.41) is 13.1. The highest BCUT2D eigenvalue weighted by molar-refractivity contribution is 5.46. The molecule has 2 atom stereocenters. The van der Waals surface area contributed by atoms with E-state index in [2.05, 4.69) is 17.1 Å². The van der Waals surface area contributed by atoms with Crippen LogP contribution in [-0.4, -0.2) is 37.4 Å². The summed E-state index contributed by atoms with van der Waals surface area (Å²) in [5.41, 5.74) is 0.957. The molecule has 0 radical (unpaired) electrons. The molecule has 2 N–H and O–H groups in total. The number of aliphatic hydroxyl groups is 1. The average Bonchev–Trinajstić information content (AvgIpc) is 2.93.